The van der Waals surface area contributed by atoms with Gasteiger partial charge in [-0.25, -0.2) is 9.67 Å². The molecule has 0 saturated carbocycles. The molecular formula is C14H16ClN5O. The molecule has 2 aromatic rings. The number of aromatic nitrogens is 3. The minimum Gasteiger partial charge on any atom is -0.365 e. The van der Waals surface area contributed by atoms with E-state index in [1.807, 2.05) is 18.2 Å². The fourth-order valence-corrected chi connectivity index (χ4v) is 2.73. The normalized spacial score (nSPS) is 15.3. The lowest BCUT2D eigenvalue weighted by Gasteiger charge is -2.36. The second-order valence-electron chi connectivity index (χ2n) is 4.93. The van der Waals surface area contributed by atoms with Crippen LogP contribution in [0.1, 0.15) is 0 Å². The Bertz CT molecular complexity index is 680. The van der Waals surface area contributed by atoms with Gasteiger partial charge < -0.3 is 9.80 Å². The molecule has 0 aromatic carbocycles. The molecule has 1 fully saturated rings. The quantitative estimate of drug-likeness (QED) is 0.833. The van der Waals surface area contributed by atoms with E-state index in [1.54, 1.807) is 19.4 Å². The number of aryl methyl sites for hydroxylation is 1. The predicted octanol–water partition coefficient (Wildman–Crippen LogP) is 1.16. The molecule has 21 heavy (non-hydrogen) atoms. The van der Waals surface area contributed by atoms with Crippen molar-refractivity contribution in [3.8, 4) is 0 Å². The first-order valence-electron chi connectivity index (χ1n) is 6.79. The second kappa shape index (κ2) is 5.73. The van der Waals surface area contributed by atoms with Gasteiger partial charge in [0.15, 0.2) is 0 Å². The Labute approximate surface area is 127 Å². The minimum atomic E-state index is -0.263. The Hall–Kier alpha value is -2.08. The lowest BCUT2D eigenvalue weighted by atomic mass is 10.2. The third-order valence-corrected chi connectivity index (χ3v) is 4.01. The Kier molecular flexibility index (Phi) is 3.79. The van der Waals surface area contributed by atoms with Gasteiger partial charge in [0.2, 0.25) is 0 Å². The van der Waals surface area contributed by atoms with Gasteiger partial charge in [-0.15, -0.1) is 0 Å². The first-order valence-corrected chi connectivity index (χ1v) is 7.17. The first kappa shape index (κ1) is 13.9. The lowest BCUT2D eigenvalue weighted by molar-refractivity contribution is 0.638. The summed E-state index contributed by atoms with van der Waals surface area (Å²) < 4.78 is 1.25. The van der Waals surface area contributed by atoms with Gasteiger partial charge in [-0.05, 0) is 12.1 Å². The molecule has 7 heteroatoms. The van der Waals surface area contributed by atoms with Crippen molar-refractivity contribution < 1.29 is 0 Å². The maximum Gasteiger partial charge on any atom is 0.287 e. The fourth-order valence-electron chi connectivity index (χ4n) is 2.44. The largest absolute Gasteiger partial charge is 0.365 e. The van der Waals surface area contributed by atoms with Crippen LogP contribution in [0.15, 0.2) is 35.4 Å². The van der Waals surface area contributed by atoms with Crippen LogP contribution in [0.25, 0.3) is 0 Å². The molecule has 3 heterocycles. The van der Waals surface area contributed by atoms with Gasteiger partial charge in [-0.2, -0.15) is 5.10 Å². The summed E-state index contributed by atoms with van der Waals surface area (Å²) in [5.41, 5.74) is 0.446. The molecule has 0 bridgehead atoms. The summed E-state index contributed by atoms with van der Waals surface area (Å²) in [7, 11) is 1.59. The van der Waals surface area contributed by atoms with Gasteiger partial charge in [0, 0.05) is 39.4 Å². The number of rotatable bonds is 2. The first-order chi connectivity index (χ1) is 10.2. The summed E-state index contributed by atoms with van der Waals surface area (Å²) in [5.74, 6) is 0.977. The number of piperazine rings is 1. The average molecular weight is 306 g/mol. The molecule has 0 N–H and O–H groups in total. The Balaban J connectivity index is 1.75. The summed E-state index contributed by atoms with van der Waals surface area (Å²) in [6.07, 6.45) is 3.45. The highest BCUT2D eigenvalue weighted by Gasteiger charge is 2.21. The van der Waals surface area contributed by atoms with Crippen molar-refractivity contribution in [1.82, 2.24) is 14.8 Å². The molecule has 0 radical (unpaired) electrons. The Morgan fingerprint density at radius 1 is 1.14 bits per heavy atom. The molecule has 3 rings (SSSR count). The van der Waals surface area contributed by atoms with Crippen molar-refractivity contribution >= 4 is 23.1 Å². The molecule has 0 unspecified atom stereocenters. The number of pyridine rings is 1. The van der Waals surface area contributed by atoms with Gasteiger partial charge in [-0.1, -0.05) is 17.7 Å². The van der Waals surface area contributed by atoms with Crippen LogP contribution in [0.4, 0.5) is 11.5 Å². The van der Waals surface area contributed by atoms with Crippen LogP contribution < -0.4 is 15.4 Å². The molecule has 0 spiro atoms. The van der Waals surface area contributed by atoms with Crippen LogP contribution >= 0.6 is 11.6 Å². The van der Waals surface area contributed by atoms with E-state index in [9.17, 15) is 4.79 Å². The van der Waals surface area contributed by atoms with Gasteiger partial charge in [-0.3, -0.25) is 4.79 Å². The third kappa shape index (κ3) is 2.71. The van der Waals surface area contributed by atoms with Gasteiger partial charge in [0.1, 0.15) is 10.8 Å². The number of anilines is 2. The number of nitrogens with zero attached hydrogens (tertiary/aromatic N) is 5. The zero-order valence-electron chi connectivity index (χ0n) is 11.7. The van der Waals surface area contributed by atoms with E-state index in [0.29, 0.717) is 5.69 Å². The van der Waals surface area contributed by atoms with Crippen LogP contribution in [0, 0.1) is 0 Å². The molecule has 1 aliphatic heterocycles. The highest BCUT2D eigenvalue weighted by atomic mass is 35.5. The van der Waals surface area contributed by atoms with E-state index in [2.05, 4.69) is 19.9 Å². The Morgan fingerprint density at radius 3 is 2.52 bits per heavy atom. The SMILES string of the molecule is Cn1ncc(N2CCN(c3ccccn3)CC2)c(Cl)c1=O. The van der Waals surface area contributed by atoms with Gasteiger partial charge in [0.25, 0.3) is 5.56 Å². The van der Waals surface area contributed by atoms with Crippen molar-refractivity contribution in [1.29, 1.82) is 0 Å². The van der Waals surface area contributed by atoms with Crippen LogP contribution in [0.3, 0.4) is 0 Å². The van der Waals surface area contributed by atoms with Crippen LogP contribution in [0.2, 0.25) is 5.02 Å². The molecular weight excluding hydrogens is 290 g/mol. The van der Waals surface area contributed by atoms with E-state index in [4.69, 9.17) is 11.6 Å². The summed E-state index contributed by atoms with van der Waals surface area (Å²) in [4.78, 5) is 20.5. The van der Waals surface area contributed by atoms with Crippen molar-refractivity contribution in [3.63, 3.8) is 0 Å². The summed E-state index contributed by atoms with van der Waals surface area (Å²) in [6.45, 7) is 3.24. The zero-order valence-corrected chi connectivity index (χ0v) is 12.5. The molecule has 0 atom stereocenters. The standard InChI is InChI=1S/C14H16ClN5O/c1-18-14(21)13(15)11(10-17-18)19-6-8-20(9-7-19)12-4-2-3-5-16-12/h2-5,10H,6-9H2,1H3. The summed E-state index contributed by atoms with van der Waals surface area (Å²) in [5, 5.41) is 4.28. The topological polar surface area (TPSA) is 54.3 Å². The number of halogens is 1. The molecule has 0 amide bonds. The monoisotopic (exact) mass is 305 g/mol. The smallest absolute Gasteiger partial charge is 0.287 e. The third-order valence-electron chi connectivity index (χ3n) is 3.65. The Morgan fingerprint density at radius 2 is 1.86 bits per heavy atom. The van der Waals surface area contributed by atoms with E-state index < -0.39 is 0 Å². The van der Waals surface area contributed by atoms with Crippen molar-refractivity contribution in [3.05, 3.63) is 46.0 Å². The minimum absolute atomic E-state index is 0.235. The number of hydrogen-bond acceptors (Lipinski definition) is 5. The fraction of sp³-hybridized carbons (Fsp3) is 0.357. The van der Waals surface area contributed by atoms with E-state index >= 15 is 0 Å². The van der Waals surface area contributed by atoms with Crippen molar-refractivity contribution in [2.45, 2.75) is 0 Å². The van der Waals surface area contributed by atoms with E-state index in [1.165, 1.54) is 4.68 Å². The van der Waals surface area contributed by atoms with Crippen LogP contribution in [-0.2, 0) is 7.05 Å². The molecule has 6 nitrogen and oxygen atoms in total. The van der Waals surface area contributed by atoms with Crippen LogP contribution in [0.5, 0.6) is 0 Å². The highest BCUT2D eigenvalue weighted by molar-refractivity contribution is 6.33. The predicted molar refractivity (Wildman–Crippen MR) is 83.2 cm³/mol. The molecule has 2 aromatic heterocycles. The average Bonchev–Trinajstić information content (AvgIpc) is 2.54. The highest BCUT2D eigenvalue weighted by Crippen LogP contribution is 2.23. The lowest BCUT2D eigenvalue weighted by Crippen LogP contribution is -2.47. The van der Waals surface area contributed by atoms with Crippen molar-refractivity contribution in [2.75, 3.05) is 36.0 Å². The van der Waals surface area contributed by atoms with Crippen LogP contribution in [-0.4, -0.2) is 40.9 Å². The summed E-state index contributed by atoms with van der Waals surface area (Å²) in [6, 6.07) is 5.89. The summed E-state index contributed by atoms with van der Waals surface area (Å²) >= 11 is 6.14. The van der Waals surface area contributed by atoms with Crippen molar-refractivity contribution in [2.24, 2.45) is 7.05 Å². The molecule has 1 saturated heterocycles. The number of hydrogen-bond donors (Lipinski definition) is 0. The van der Waals surface area contributed by atoms with Gasteiger partial charge in [0.05, 0.1) is 11.9 Å². The van der Waals surface area contributed by atoms with E-state index in [-0.39, 0.29) is 10.6 Å². The zero-order chi connectivity index (χ0) is 14.8. The molecule has 0 aliphatic carbocycles. The van der Waals surface area contributed by atoms with E-state index in [0.717, 1.165) is 32.0 Å². The molecule has 110 valence electrons. The van der Waals surface area contributed by atoms with Gasteiger partial charge >= 0.3 is 0 Å². The second-order valence-corrected chi connectivity index (χ2v) is 5.31. The molecule has 1 aliphatic rings. The maximum absolute atomic E-state index is 11.8. The maximum atomic E-state index is 11.8.